The summed E-state index contributed by atoms with van der Waals surface area (Å²) in [4.78, 5) is 14.5. The van der Waals surface area contributed by atoms with Crippen molar-refractivity contribution in [3.8, 4) is 0 Å². The third kappa shape index (κ3) is 2.84. The number of hydrogen-bond donors (Lipinski definition) is 1. The Labute approximate surface area is 127 Å². The molecule has 0 spiro atoms. The van der Waals surface area contributed by atoms with Crippen LogP contribution in [-0.4, -0.2) is 23.4 Å². The molecule has 2 aliphatic rings. The normalized spacial score (nSPS) is 33.5. The van der Waals surface area contributed by atoms with Crippen LogP contribution < -0.4 is 5.32 Å². The van der Waals surface area contributed by atoms with Crippen molar-refractivity contribution in [2.24, 2.45) is 11.8 Å². The van der Waals surface area contributed by atoms with E-state index < -0.39 is 0 Å². The second kappa shape index (κ2) is 5.80. The van der Waals surface area contributed by atoms with Crippen molar-refractivity contribution in [1.29, 1.82) is 0 Å². The molecule has 4 atom stereocenters. The number of hydrogen-bond acceptors (Lipinski definition) is 2. The van der Waals surface area contributed by atoms with Crippen molar-refractivity contribution in [3.05, 3.63) is 35.4 Å². The summed E-state index contributed by atoms with van der Waals surface area (Å²) in [6, 6.07) is 8.90. The molecule has 1 aliphatic carbocycles. The van der Waals surface area contributed by atoms with Gasteiger partial charge in [0.05, 0.1) is 6.54 Å². The van der Waals surface area contributed by atoms with Crippen LogP contribution in [0.25, 0.3) is 0 Å². The maximum absolute atomic E-state index is 12.4. The van der Waals surface area contributed by atoms with Crippen LogP contribution in [0.15, 0.2) is 24.3 Å². The summed E-state index contributed by atoms with van der Waals surface area (Å²) in [7, 11) is 0. The fourth-order valence-corrected chi connectivity index (χ4v) is 3.82. The first-order valence-electron chi connectivity index (χ1n) is 8.17. The van der Waals surface area contributed by atoms with Gasteiger partial charge >= 0.3 is 0 Å². The quantitative estimate of drug-likeness (QED) is 0.905. The molecule has 1 saturated heterocycles. The molecule has 0 radical (unpaired) electrons. The zero-order valence-electron chi connectivity index (χ0n) is 13.3. The lowest BCUT2D eigenvalue weighted by atomic mass is 9.78. The molecule has 0 aromatic heterocycles. The first-order valence-corrected chi connectivity index (χ1v) is 8.17. The lowest BCUT2D eigenvalue weighted by Crippen LogP contribution is -2.43. The summed E-state index contributed by atoms with van der Waals surface area (Å²) < 4.78 is 0. The second-order valence-electron chi connectivity index (χ2n) is 6.92. The van der Waals surface area contributed by atoms with Gasteiger partial charge in [-0.1, -0.05) is 43.7 Å². The minimum atomic E-state index is 0.0583. The Hall–Kier alpha value is -1.35. The van der Waals surface area contributed by atoms with E-state index >= 15 is 0 Å². The van der Waals surface area contributed by atoms with E-state index in [-0.39, 0.29) is 12.1 Å². The zero-order valence-corrected chi connectivity index (χ0v) is 13.3. The standard InChI is InChI=1S/C18H26N2O/c1-12-5-4-6-15(9-12)18-19-11-17(21)20(18)16-8-7-13(2)14(3)10-16/h4-6,9,13-14,16,18-19H,7-8,10-11H2,1-3H3. The highest BCUT2D eigenvalue weighted by atomic mass is 16.2. The lowest BCUT2D eigenvalue weighted by Gasteiger charge is -2.40. The lowest BCUT2D eigenvalue weighted by molar-refractivity contribution is -0.131. The van der Waals surface area contributed by atoms with Crippen LogP contribution in [0.2, 0.25) is 0 Å². The Bertz CT molecular complexity index is 528. The number of nitrogens with zero attached hydrogens (tertiary/aromatic N) is 1. The predicted octanol–water partition coefficient (Wildman–Crippen LogP) is 3.25. The fraction of sp³-hybridized carbons (Fsp3) is 0.611. The van der Waals surface area contributed by atoms with E-state index in [9.17, 15) is 4.79 Å². The number of amides is 1. The van der Waals surface area contributed by atoms with Gasteiger partial charge in [0.1, 0.15) is 6.17 Å². The average molecular weight is 286 g/mol. The molecule has 1 amide bonds. The Kier molecular flexibility index (Phi) is 4.03. The minimum Gasteiger partial charge on any atom is -0.319 e. The summed E-state index contributed by atoms with van der Waals surface area (Å²) >= 11 is 0. The van der Waals surface area contributed by atoms with E-state index in [0.717, 1.165) is 18.8 Å². The second-order valence-corrected chi connectivity index (χ2v) is 6.92. The molecule has 3 rings (SSSR count). The number of carbonyl (C=O) groups excluding carboxylic acids is 1. The first kappa shape index (κ1) is 14.6. The van der Waals surface area contributed by atoms with Crippen LogP contribution in [0.3, 0.4) is 0 Å². The van der Waals surface area contributed by atoms with Crippen molar-refractivity contribution in [2.45, 2.75) is 52.2 Å². The maximum Gasteiger partial charge on any atom is 0.238 e. The van der Waals surface area contributed by atoms with E-state index in [1.807, 2.05) is 0 Å². The van der Waals surface area contributed by atoms with Crippen molar-refractivity contribution in [2.75, 3.05) is 6.54 Å². The van der Waals surface area contributed by atoms with Gasteiger partial charge in [0.25, 0.3) is 0 Å². The van der Waals surface area contributed by atoms with Crippen molar-refractivity contribution in [1.82, 2.24) is 10.2 Å². The predicted molar refractivity (Wildman–Crippen MR) is 84.7 cm³/mol. The number of benzene rings is 1. The molecule has 1 aromatic rings. The Balaban J connectivity index is 1.83. The monoisotopic (exact) mass is 286 g/mol. The van der Waals surface area contributed by atoms with Gasteiger partial charge in [0, 0.05) is 6.04 Å². The highest BCUT2D eigenvalue weighted by molar-refractivity contribution is 5.81. The molecule has 1 heterocycles. The van der Waals surface area contributed by atoms with Crippen LogP contribution in [0, 0.1) is 18.8 Å². The molecule has 1 N–H and O–H groups in total. The summed E-state index contributed by atoms with van der Waals surface area (Å²) in [6.45, 7) is 7.24. The van der Waals surface area contributed by atoms with Gasteiger partial charge in [-0.15, -0.1) is 0 Å². The molecule has 2 fully saturated rings. The molecule has 3 heteroatoms. The highest BCUT2D eigenvalue weighted by Gasteiger charge is 2.39. The molecule has 114 valence electrons. The molecule has 1 aromatic carbocycles. The largest absolute Gasteiger partial charge is 0.319 e. The summed E-state index contributed by atoms with van der Waals surface area (Å²) in [5.41, 5.74) is 2.46. The molecule has 21 heavy (non-hydrogen) atoms. The molecule has 0 bridgehead atoms. The van der Waals surface area contributed by atoms with Crippen molar-refractivity contribution in [3.63, 3.8) is 0 Å². The third-order valence-electron chi connectivity index (χ3n) is 5.33. The number of rotatable bonds is 2. The fourth-order valence-electron chi connectivity index (χ4n) is 3.82. The van der Waals surface area contributed by atoms with Crippen LogP contribution in [0.4, 0.5) is 0 Å². The molecule has 1 saturated carbocycles. The van der Waals surface area contributed by atoms with E-state index in [2.05, 4.69) is 55.3 Å². The van der Waals surface area contributed by atoms with Gasteiger partial charge in [0.2, 0.25) is 5.91 Å². The Morgan fingerprint density at radius 3 is 2.71 bits per heavy atom. The highest BCUT2D eigenvalue weighted by Crippen LogP contribution is 2.36. The van der Waals surface area contributed by atoms with Crippen LogP contribution in [-0.2, 0) is 4.79 Å². The van der Waals surface area contributed by atoms with Crippen molar-refractivity contribution >= 4 is 5.91 Å². The summed E-state index contributed by atoms with van der Waals surface area (Å²) in [5.74, 6) is 1.74. The maximum atomic E-state index is 12.4. The average Bonchev–Trinajstić information content (AvgIpc) is 2.84. The smallest absolute Gasteiger partial charge is 0.238 e. The van der Waals surface area contributed by atoms with Gasteiger partial charge in [-0.3, -0.25) is 10.1 Å². The number of carbonyl (C=O) groups is 1. The molecule has 3 nitrogen and oxygen atoms in total. The van der Waals surface area contributed by atoms with Crippen LogP contribution >= 0.6 is 0 Å². The van der Waals surface area contributed by atoms with Gasteiger partial charge in [-0.05, 0) is 43.6 Å². The summed E-state index contributed by atoms with van der Waals surface area (Å²) in [6.07, 6.45) is 3.57. The van der Waals surface area contributed by atoms with Gasteiger partial charge in [-0.25, -0.2) is 0 Å². The SMILES string of the molecule is Cc1cccc(C2NCC(=O)N2C2CCC(C)C(C)C2)c1. The van der Waals surface area contributed by atoms with Crippen LogP contribution in [0.1, 0.15) is 50.4 Å². The summed E-state index contributed by atoms with van der Waals surface area (Å²) in [5, 5.41) is 3.40. The van der Waals surface area contributed by atoms with E-state index in [0.29, 0.717) is 18.5 Å². The molecule has 4 unspecified atom stereocenters. The molecular weight excluding hydrogens is 260 g/mol. The van der Waals surface area contributed by atoms with Gasteiger partial charge in [0.15, 0.2) is 0 Å². The topological polar surface area (TPSA) is 32.3 Å². The molecule has 1 aliphatic heterocycles. The van der Waals surface area contributed by atoms with E-state index in [1.165, 1.54) is 17.5 Å². The zero-order chi connectivity index (χ0) is 15.0. The Morgan fingerprint density at radius 2 is 2.00 bits per heavy atom. The third-order valence-corrected chi connectivity index (χ3v) is 5.33. The Morgan fingerprint density at radius 1 is 1.19 bits per heavy atom. The minimum absolute atomic E-state index is 0.0583. The van der Waals surface area contributed by atoms with Crippen LogP contribution in [0.5, 0.6) is 0 Å². The van der Waals surface area contributed by atoms with E-state index in [4.69, 9.17) is 0 Å². The number of nitrogens with one attached hydrogen (secondary N) is 1. The first-order chi connectivity index (χ1) is 10.1. The van der Waals surface area contributed by atoms with E-state index in [1.54, 1.807) is 0 Å². The molecular formula is C18H26N2O. The number of aryl methyl sites for hydroxylation is 1. The van der Waals surface area contributed by atoms with Crippen molar-refractivity contribution < 1.29 is 4.79 Å². The van der Waals surface area contributed by atoms with Gasteiger partial charge in [-0.2, -0.15) is 0 Å². The van der Waals surface area contributed by atoms with Gasteiger partial charge < -0.3 is 4.90 Å².